The lowest BCUT2D eigenvalue weighted by Crippen LogP contribution is -2.10. The van der Waals surface area contributed by atoms with E-state index >= 15 is 0 Å². The normalized spacial score (nSPS) is 11.5. The molecule has 0 unspecified atom stereocenters. The molecule has 0 spiro atoms. The van der Waals surface area contributed by atoms with Crippen molar-refractivity contribution in [3.8, 4) is 32.8 Å². The summed E-state index contributed by atoms with van der Waals surface area (Å²) in [5.74, 6) is 0. The van der Waals surface area contributed by atoms with Crippen molar-refractivity contribution >= 4 is 71.3 Å². The number of para-hydroxylation sites is 1. The van der Waals surface area contributed by atoms with E-state index < -0.39 is 0 Å². The minimum absolute atomic E-state index is 0.834. The highest BCUT2D eigenvalue weighted by Crippen LogP contribution is 2.44. The third-order valence-electron chi connectivity index (χ3n) is 9.71. The number of furan rings is 1. The highest BCUT2D eigenvalue weighted by molar-refractivity contribution is 7.21. The number of hydrogen-bond donors (Lipinski definition) is 0. The van der Waals surface area contributed by atoms with Gasteiger partial charge < -0.3 is 9.32 Å². The molecule has 0 saturated carbocycles. The minimum Gasteiger partial charge on any atom is -0.454 e. The molecule has 0 aliphatic heterocycles. The van der Waals surface area contributed by atoms with E-state index in [1.807, 2.05) is 6.07 Å². The Labute approximate surface area is 299 Å². The second kappa shape index (κ2) is 12.1. The molecule has 4 heteroatoms. The third kappa shape index (κ3) is 5.16. The number of aromatic nitrogens is 1. The quantitative estimate of drug-likeness (QED) is 0.176. The number of nitrogens with zero attached hydrogens (tertiary/aromatic N) is 2. The van der Waals surface area contributed by atoms with Gasteiger partial charge in [0.05, 0.1) is 15.9 Å². The smallest absolute Gasteiger partial charge is 0.159 e. The summed E-state index contributed by atoms with van der Waals surface area (Å²) in [7, 11) is 0. The number of benzene rings is 8. The van der Waals surface area contributed by atoms with Crippen LogP contribution in [0.4, 0.5) is 17.1 Å². The Kier molecular flexibility index (Phi) is 7.00. The molecule has 0 radical (unpaired) electrons. The van der Waals surface area contributed by atoms with E-state index in [2.05, 4.69) is 181 Å². The van der Waals surface area contributed by atoms with Crippen LogP contribution in [-0.2, 0) is 0 Å². The van der Waals surface area contributed by atoms with Crippen LogP contribution >= 0.6 is 11.3 Å². The van der Waals surface area contributed by atoms with Crippen molar-refractivity contribution in [2.24, 2.45) is 0 Å². The van der Waals surface area contributed by atoms with Crippen molar-refractivity contribution in [3.63, 3.8) is 0 Å². The molecule has 51 heavy (non-hydrogen) atoms. The molecule has 0 saturated heterocycles. The predicted octanol–water partition coefficient (Wildman–Crippen LogP) is 13.8. The van der Waals surface area contributed by atoms with Crippen LogP contribution in [-0.4, -0.2) is 4.98 Å². The lowest BCUT2D eigenvalue weighted by atomic mass is 9.98. The first-order chi connectivity index (χ1) is 25.3. The first-order valence-electron chi connectivity index (χ1n) is 17.1. The first-order valence-corrected chi connectivity index (χ1v) is 17.9. The Morgan fingerprint density at radius 1 is 0.471 bits per heavy atom. The Morgan fingerprint density at radius 2 is 1.08 bits per heavy atom. The molecule has 0 aliphatic rings. The van der Waals surface area contributed by atoms with Gasteiger partial charge in [0.1, 0.15) is 10.6 Å². The molecule has 0 amide bonds. The fraction of sp³-hybridized carbons (Fsp3) is 0. The van der Waals surface area contributed by atoms with E-state index in [9.17, 15) is 0 Å². The number of thiazole rings is 1. The molecular formula is C47H30N2OS. The topological polar surface area (TPSA) is 29.3 Å². The van der Waals surface area contributed by atoms with Crippen molar-refractivity contribution < 1.29 is 4.42 Å². The Morgan fingerprint density at radius 3 is 1.84 bits per heavy atom. The number of hydrogen-bond acceptors (Lipinski definition) is 4. The number of fused-ring (bicyclic) bond motifs is 5. The van der Waals surface area contributed by atoms with Gasteiger partial charge in [0.2, 0.25) is 0 Å². The summed E-state index contributed by atoms with van der Waals surface area (Å²) in [5, 5.41) is 5.67. The van der Waals surface area contributed by atoms with E-state index in [1.165, 1.54) is 33.0 Å². The van der Waals surface area contributed by atoms with Crippen LogP contribution in [0.2, 0.25) is 0 Å². The highest BCUT2D eigenvalue weighted by Gasteiger charge is 2.21. The summed E-state index contributed by atoms with van der Waals surface area (Å²) >= 11 is 1.72. The van der Waals surface area contributed by atoms with E-state index in [1.54, 1.807) is 11.3 Å². The second-order valence-electron chi connectivity index (χ2n) is 12.8. The molecule has 10 rings (SSSR count). The van der Waals surface area contributed by atoms with Gasteiger partial charge in [-0.2, -0.15) is 0 Å². The van der Waals surface area contributed by atoms with Crippen molar-refractivity contribution in [1.29, 1.82) is 0 Å². The zero-order valence-corrected chi connectivity index (χ0v) is 28.3. The maximum Gasteiger partial charge on any atom is 0.159 e. The summed E-state index contributed by atoms with van der Waals surface area (Å²) in [4.78, 5) is 7.30. The van der Waals surface area contributed by atoms with Crippen molar-refractivity contribution in [3.05, 3.63) is 182 Å². The SMILES string of the molecule is c1ccc(-c2ccc(N(c3ccc(-c4cccc5ccccc45)cc3)c3cccc4c3oc3cc5nc(-c6ccccc6)sc5cc34)cc2)cc1. The maximum atomic E-state index is 6.79. The minimum atomic E-state index is 0.834. The molecule has 10 aromatic rings. The van der Waals surface area contributed by atoms with Gasteiger partial charge in [-0.3, -0.25) is 0 Å². The Hall–Kier alpha value is -6.49. The maximum absolute atomic E-state index is 6.79. The van der Waals surface area contributed by atoms with Crippen molar-refractivity contribution in [1.82, 2.24) is 4.98 Å². The number of anilines is 3. The van der Waals surface area contributed by atoms with Gasteiger partial charge in [-0.05, 0) is 69.4 Å². The molecular weight excluding hydrogens is 641 g/mol. The van der Waals surface area contributed by atoms with Gasteiger partial charge in [-0.1, -0.05) is 140 Å². The largest absolute Gasteiger partial charge is 0.454 e. The first kappa shape index (κ1) is 29.4. The third-order valence-corrected chi connectivity index (χ3v) is 10.8. The molecule has 0 atom stereocenters. The summed E-state index contributed by atoms with van der Waals surface area (Å²) in [6, 6.07) is 64.4. The second-order valence-corrected chi connectivity index (χ2v) is 13.8. The summed E-state index contributed by atoms with van der Waals surface area (Å²) < 4.78 is 7.93. The van der Waals surface area contributed by atoms with Crippen LogP contribution in [0, 0.1) is 0 Å². The monoisotopic (exact) mass is 670 g/mol. The molecule has 8 aromatic carbocycles. The standard InChI is InChI=1S/C47H30N2OS/c1-3-11-31(12-4-1)32-21-25-36(26-22-32)49(37-27-23-34(24-28-37)39-18-9-16-33-13-7-8-17-38(33)39)43-20-10-19-40-41-29-45-42(30-44(41)50-46(40)43)48-47(51-45)35-14-5-2-6-15-35/h1-30H. The van der Waals surface area contributed by atoms with Crippen molar-refractivity contribution in [2.45, 2.75) is 0 Å². The van der Waals surface area contributed by atoms with Gasteiger partial charge in [-0.15, -0.1) is 11.3 Å². The fourth-order valence-electron chi connectivity index (χ4n) is 7.21. The summed E-state index contributed by atoms with van der Waals surface area (Å²) in [6.07, 6.45) is 0. The van der Waals surface area contributed by atoms with E-state index in [-0.39, 0.29) is 0 Å². The zero-order valence-electron chi connectivity index (χ0n) is 27.5. The molecule has 0 aliphatic carbocycles. The van der Waals surface area contributed by atoms with Crippen LogP contribution < -0.4 is 4.90 Å². The average molecular weight is 671 g/mol. The van der Waals surface area contributed by atoms with Gasteiger partial charge in [0, 0.05) is 33.8 Å². The molecule has 2 heterocycles. The van der Waals surface area contributed by atoms with E-state index in [4.69, 9.17) is 9.40 Å². The van der Waals surface area contributed by atoms with Crippen LogP contribution in [0.25, 0.3) is 75.8 Å². The Bertz CT molecular complexity index is 2830. The lowest BCUT2D eigenvalue weighted by molar-refractivity contribution is 0.669. The van der Waals surface area contributed by atoms with Crippen molar-refractivity contribution in [2.75, 3.05) is 4.90 Å². The molecule has 0 fully saturated rings. The molecule has 240 valence electrons. The summed E-state index contributed by atoms with van der Waals surface area (Å²) in [5.41, 5.74) is 11.6. The van der Waals surface area contributed by atoms with Gasteiger partial charge in [0.25, 0.3) is 0 Å². The fourth-order valence-corrected chi connectivity index (χ4v) is 8.20. The average Bonchev–Trinajstić information content (AvgIpc) is 3.79. The molecule has 0 N–H and O–H groups in total. The predicted molar refractivity (Wildman–Crippen MR) is 215 cm³/mol. The highest BCUT2D eigenvalue weighted by atomic mass is 32.1. The number of rotatable bonds is 6. The molecule has 3 nitrogen and oxygen atoms in total. The van der Waals surface area contributed by atoms with Gasteiger partial charge >= 0.3 is 0 Å². The zero-order chi connectivity index (χ0) is 33.7. The Balaban J connectivity index is 1.12. The van der Waals surface area contributed by atoms with E-state index in [0.29, 0.717) is 0 Å². The molecule has 0 bridgehead atoms. The van der Waals surface area contributed by atoms with E-state index in [0.717, 1.165) is 59.8 Å². The van der Waals surface area contributed by atoms with Crippen LogP contribution in [0.5, 0.6) is 0 Å². The summed E-state index contributed by atoms with van der Waals surface area (Å²) in [6.45, 7) is 0. The van der Waals surface area contributed by atoms with Crippen LogP contribution in [0.15, 0.2) is 186 Å². The molecule has 2 aromatic heterocycles. The van der Waals surface area contributed by atoms with Gasteiger partial charge in [0.15, 0.2) is 5.58 Å². The van der Waals surface area contributed by atoms with Crippen LogP contribution in [0.3, 0.4) is 0 Å². The van der Waals surface area contributed by atoms with Gasteiger partial charge in [-0.25, -0.2) is 4.98 Å². The van der Waals surface area contributed by atoms with Crippen LogP contribution in [0.1, 0.15) is 0 Å². The lowest BCUT2D eigenvalue weighted by Gasteiger charge is -2.26.